The van der Waals surface area contributed by atoms with E-state index in [4.69, 9.17) is 0 Å². The van der Waals surface area contributed by atoms with Crippen LogP contribution in [0, 0.1) is 11.6 Å². The Hall–Kier alpha value is -1.01. The van der Waals surface area contributed by atoms with Crippen LogP contribution in [0.3, 0.4) is 0 Å². The maximum absolute atomic E-state index is 13.5. The van der Waals surface area contributed by atoms with E-state index in [1.807, 2.05) is 0 Å². The topological polar surface area (TPSA) is 38.3 Å². The van der Waals surface area contributed by atoms with Gasteiger partial charge in [0, 0.05) is 0 Å². The Morgan fingerprint density at radius 1 is 1.50 bits per heavy atom. The van der Waals surface area contributed by atoms with Crippen LogP contribution in [0.1, 0.15) is 10.4 Å². The molecule has 0 aliphatic carbocycles. The van der Waals surface area contributed by atoms with Crippen molar-refractivity contribution in [2.24, 2.45) is 0 Å². The lowest BCUT2D eigenvalue weighted by Gasteiger charge is -2.09. The summed E-state index contributed by atoms with van der Waals surface area (Å²) in [4.78, 5) is 11.4. The van der Waals surface area contributed by atoms with E-state index in [0.29, 0.717) is 0 Å². The summed E-state index contributed by atoms with van der Waals surface area (Å²) < 4.78 is 31.8. The Morgan fingerprint density at radius 3 is 2.62 bits per heavy atom. The van der Waals surface area contributed by atoms with Gasteiger partial charge >= 0.3 is 0 Å². The molecule has 0 spiro atoms. The van der Waals surface area contributed by atoms with Crippen molar-refractivity contribution in [3.8, 4) is 5.75 Å². The van der Waals surface area contributed by atoms with E-state index in [2.05, 4.69) is 26.0 Å². The lowest BCUT2D eigenvalue weighted by Crippen LogP contribution is -2.20. The van der Waals surface area contributed by atoms with Gasteiger partial charge in [0.05, 0.1) is 23.7 Å². The van der Waals surface area contributed by atoms with E-state index in [-0.39, 0.29) is 22.3 Å². The van der Waals surface area contributed by atoms with Crippen molar-refractivity contribution < 1.29 is 18.3 Å². The van der Waals surface area contributed by atoms with Gasteiger partial charge in [-0.25, -0.2) is 4.39 Å². The largest absolute Gasteiger partial charge is 0.492 e. The minimum absolute atomic E-state index is 0.0604. The van der Waals surface area contributed by atoms with Gasteiger partial charge in [0.2, 0.25) is 5.82 Å². The number of carbonyl (C=O) groups excluding carboxylic acids is 1. The van der Waals surface area contributed by atoms with E-state index < -0.39 is 17.4 Å². The van der Waals surface area contributed by atoms with Gasteiger partial charge in [-0.1, -0.05) is 0 Å². The van der Waals surface area contributed by atoms with Crippen LogP contribution in [0.2, 0.25) is 0 Å². The van der Waals surface area contributed by atoms with Gasteiger partial charge < -0.3 is 10.1 Å². The molecule has 1 N–H and O–H groups in total. The predicted molar refractivity (Wildman–Crippen MR) is 58.9 cm³/mol. The van der Waals surface area contributed by atoms with Crippen LogP contribution >= 0.6 is 15.9 Å². The molecule has 16 heavy (non-hydrogen) atoms. The van der Waals surface area contributed by atoms with Crippen LogP contribution in [0.15, 0.2) is 10.5 Å². The predicted octanol–water partition coefficient (Wildman–Crippen LogP) is 2.14. The lowest BCUT2D eigenvalue weighted by molar-refractivity contribution is 0.0988. The first-order valence-electron chi connectivity index (χ1n) is 4.42. The average molecular weight is 294 g/mol. The Labute approximate surface area is 99.9 Å². The third-order valence-corrected chi connectivity index (χ3v) is 2.55. The molecule has 0 aromatic heterocycles. The second kappa shape index (κ2) is 5.36. The number of Topliss-reactive ketones (excluding diaryl/α,β-unsaturated/α-hetero) is 1. The molecule has 0 saturated carbocycles. The van der Waals surface area contributed by atoms with E-state index >= 15 is 0 Å². The first-order valence-corrected chi connectivity index (χ1v) is 5.21. The molecule has 0 heterocycles. The van der Waals surface area contributed by atoms with Crippen molar-refractivity contribution in [3.63, 3.8) is 0 Å². The summed E-state index contributed by atoms with van der Waals surface area (Å²) in [5.41, 5.74) is -0.306. The number of halogens is 3. The number of ketones is 1. The van der Waals surface area contributed by atoms with Gasteiger partial charge in [0.15, 0.2) is 17.3 Å². The molecule has 1 aromatic rings. The monoisotopic (exact) mass is 293 g/mol. The molecule has 3 nitrogen and oxygen atoms in total. The van der Waals surface area contributed by atoms with Crippen molar-refractivity contribution in [3.05, 3.63) is 27.7 Å². The van der Waals surface area contributed by atoms with Crippen molar-refractivity contribution >= 4 is 21.7 Å². The minimum atomic E-state index is -1.19. The molecule has 0 aliphatic heterocycles. The summed E-state index contributed by atoms with van der Waals surface area (Å²) in [7, 11) is 2.77. The maximum Gasteiger partial charge on any atom is 0.202 e. The summed E-state index contributed by atoms with van der Waals surface area (Å²) in [6.45, 7) is -0.0604. The summed E-state index contributed by atoms with van der Waals surface area (Å²) in [6.07, 6.45) is 0. The number of nitrogens with one attached hydrogen (secondary N) is 1. The van der Waals surface area contributed by atoms with E-state index in [0.717, 1.165) is 0 Å². The van der Waals surface area contributed by atoms with E-state index in [1.165, 1.54) is 13.2 Å². The van der Waals surface area contributed by atoms with Gasteiger partial charge in [-0.2, -0.15) is 4.39 Å². The second-order valence-electron chi connectivity index (χ2n) is 3.02. The molecule has 0 fully saturated rings. The van der Waals surface area contributed by atoms with Crippen molar-refractivity contribution in [1.82, 2.24) is 5.32 Å². The zero-order valence-corrected chi connectivity index (χ0v) is 10.3. The van der Waals surface area contributed by atoms with Crippen molar-refractivity contribution in [2.75, 3.05) is 20.7 Å². The number of likely N-dealkylation sites (N-methyl/N-ethyl adjacent to an activating group) is 1. The summed E-state index contributed by atoms with van der Waals surface area (Å²) in [5.74, 6) is -3.14. The molecule has 0 radical (unpaired) electrons. The highest BCUT2D eigenvalue weighted by Crippen LogP contribution is 2.31. The number of ether oxygens (including phenoxy) is 1. The SMILES string of the molecule is CNCC(=O)c1cc(Br)c(OC)c(F)c1F. The second-order valence-corrected chi connectivity index (χ2v) is 3.88. The fraction of sp³-hybridized carbons (Fsp3) is 0.300. The first-order chi connectivity index (χ1) is 7.52. The van der Waals surface area contributed by atoms with Gasteiger partial charge in [0.1, 0.15) is 0 Å². The fourth-order valence-electron chi connectivity index (χ4n) is 1.22. The maximum atomic E-state index is 13.5. The number of rotatable bonds is 4. The highest BCUT2D eigenvalue weighted by Gasteiger charge is 2.21. The van der Waals surface area contributed by atoms with Gasteiger partial charge in [0.25, 0.3) is 0 Å². The summed E-state index contributed by atoms with van der Waals surface area (Å²) in [5, 5.41) is 2.58. The molecule has 88 valence electrons. The molecule has 0 bridgehead atoms. The van der Waals surface area contributed by atoms with Crippen LogP contribution < -0.4 is 10.1 Å². The Balaban J connectivity index is 3.28. The fourth-order valence-corrected chi connectivity index (χ4v) is 1.79. The van der Waals surface area contributed by atoms with Crippen LogP contribution in [-0.2, 0) is 0 Å². The molecule has 0 saturated heterocycles. The standard InChI is InChI=1S/C10H10BrF2NO2/c1-14-4-7(15)5-3-6(11)10(16-2)9(13)8(5)12/h3,14H,4H2,1-2H3. The molecular weight excluding hydrogens is 284 g/mol. The summed E-state index contributed by atoms with van der Waals surface area (Å²) >= 11 is 3.01. The van der Waals surface area contributed by atoms with Gasteiger partial charge in [-0.3, -0.25) is 4.79 Å². The normalized spacial score (nSPS) is 10.3. The third kappa shape index (κ3) is 2.38. The lowest BCUT2D eigenvalue weighted by atomic mass is 10.1. The van der Waals surface area contributed by atoms with Crippen molar-refractivity contribution in [2.45, 2.75) is 0 Å². The molecule has 1 rings (SSSR count). The van der Waals surface area contributed by atoms with Crippen molar-refractivity contribution in [1.29, 1.82) is 0 Å². The number of carbonyl (C=O) groups is 1. The molecule has 0 amide bonds. The van der Waals surface area contributed by atoms with Crippen LogP contribution in [0.5, 0.6) is 5.75 Å². The summed E-state index contributed by atoms with van der Waals surface area (Å²) in [6, 6.07) is 1.21. The average Bonchev–Trinajstić information content (AvgIpc) is 2.24. The first kappa shape index (κ1) is 13.1. The van der Waals surface area contributed by atoms with Crippen LogP contribution in [0.25, 0.3) is 0 Å². The molecule has 0 aliphatic rings. The van der Waals surface area contributed by atoms with E-state index in [9.17, 15) is 13.6 Å². The molecular formula is C10H10BrF2NO2. The van der Waals surface area contributed by atoms with E-state index in [1.54, 1.807) is 7.05 Å². The Morgan fingerprint density at radius 2 is 2.12 bits per heavy atom. The number of hydrogen-bond acceptors (Lipinski definition) is 3. The molecule has 1 aromatic carbocycles. The zero-order valence-electron chi connectivity index (χ0n) is 8.73. The Kier molecular flexibility index (Phi) is 4.37. The van der Waals surface area contributed by atoms with Gasteiger partial charge in [-0.05, 0) is 29.0 Å². The number of methoxy groups -OCH3 is 1. The molecule has 0 unspecified atom stereocenters. The highest BCUT2D eigenvalue weighted by molar-refractivity contribution is 9.10. The highest BCUT2D eigenvalue weighted by atomic mass is 79.9. The molecule has 6 heteroatoms. The minimum Gasteiger partial charge on any atom is -0.492 e. The zero-order chi connectivity index (χ0) is 12.3. The number of hydrogen-bond donors (Lipinski definition) is 1. The smallest absolute Gasteiger partial charge is 0.202 e. The quantitative estimate of drug-likeness (QED) is 0.683. The van der Waals surface area contributed by atoms with Crippen LogP contribution in [-0.4, -0.2) is 26.5 Å². The number of benzene rings is 1. The van der Waals surface area contributed by atoms with Crippen LogP contribution in [0.4, 0.5) is 8.78 Å². The van der Waals surface area contributed by atoms with Gasteiger partial charge in [-0.15, -0.1) is 0 Å². The Bertz CT molecular complexity index is 424. The molecule has 0 atom stereocenters. The third-order valence-electron chi connectivity index (χ3n) is 1.96.